The lowest BCUT2D eigenvalue weighted by Gasteiger charge is -2.18. The van der Waals surface area contributed by atoms with Crippen LogP contribution in [0.2, 0.25) is 0 Å². The van der Waals surface area contributed by atoms with Crippen LogP contribution in [0.3, 0.4) is 0 Å². The molecule has 2 rings (SSSR count). The van der Waals surface area contributed by atoms with Gasteiger partial charge in [0, 0.05) is 6.04 Å². The van der Waals surface area contributed by atoms with Crippen LogP contribution < -0.4 is 10.1 Å². The quantitative estimate of drug-likeness (QED) is 0.811. The van der Waals surface area contributed by atoms with Crippen molar-refractivity contribution >= 4 is 0 Å². The third-order valence-electron chi connectivity index (χ3n) is 3.53. The molecule has 1 fully saturated rings. The van der Waals surface area contributed by atoms with Gasteiger partial charge in [0.05, 0.1) is 12.7 Å². The lowest BCUT2D eigenvalue weighted by atomic mass is 10.0. The third kappa shape index (κ3) is 3.72. The SMILES string of the molecule is CCOc1ccc(CCC(O)C2CCCN2)cc1. The molecule has 3 heteroatoms. The zero-order valence-corrected chi connectivity index (χ0v) is 11.1. The second-order valence-corrected chi connectivity index (χ2v) is 4.89. The first kappa shape index (κ1) is 13.4. The summed E-state index contributed by atoms with van der Waals surface area (Å²) < 4.78 is 5.41. The fraction of sp³-hybridized carbons (Fsp3) is 0.600. The maximum Gasteiger partial charge on any atom is 0.119 e. The van der Waals surface area contributed by atoms with E-state index < -0.39 is 0 Å². The van der Waals surface area contributed by atoms with E-state index in [-0.39, 0.29) is 6.10 Å². The number of aliphatic hydroxyl groups is 1. The van der Waals surface area contributed by atoms with Crippen LogP contribution in [0.5, 0.6) is 5.75 Å². The van der Waals surface area contributed by atoms with E-state index >= 15 is 0 Å². The molecule has 0 bridgehead atoms. The molecule has 1 aromatic carbocycles. The van der Waals surface area contributed by atoms with Gasteiger partial charge in [-0.15, -0.1) is 0 Å². The van der Waals surface area contributed by atoms with E-state index in [9.17, 15) is 5.11 Å². The highest BCUT2D eigenvalue weighted by atomic mass is 16.5. The van der Waals surface area contributed by atoms with Gasteiger partial charge >= 0.3 is 0 Å². The van der Waals surface area contributed by atoms with Crippen molar-refractivity contribution in [1.29, 1.82) is 0 Å². The first-order valence-corrected chi connectivity index (χ1v) is 6.93. The standard InChI is InChI=1S/C15H23NO2/c1-2-18-13-8-5-12(6-9-13)7-10-15(17)14-4-3-11-16-14/h5-6,8-9,14-17H,2-4,7,10-11H2,1H3. The van der Waals surface area contributed by atoms with Crippen LogP contribution in [0.15, 0.2) is 24.3 Å². The largest absolute Gasteiger partial charge is 0.494 e. The van der Waals surface area contributed by atoms with Crippen molar-refractivity contribution in [2.75, 3.05) is 13.2 Å². The van der Waals surface area contributed by atoms with Gasteiger partial charge in [-0.25, -0.2) is 0 Å². The Bertz CT molecular complexity index is 344. The van der Waals surface area contributed by atoms with E-state index in [0.717, 1.165) is 31.6 Å². The number of hydrogen-bond acceptors (Lipinski definition) is 3. The van der Waals surface area contributed by atoms with Crippen molar-refractivity contribution in [3.05, 3.63) is 29.8 Å². The Morgan fingerprint density at radius 2 is 2.17 bits per heavy atom. The number of benzene rings is 1. The van der Waals surface area contributed by atoms with Gasteiger partial charge in [0.1, 0.15) is 5.75 Å². The van der Waals surface area contributed by atoms with Crippen LogP contribution >= 0.6 is 0 Å². The molecule has 1 saturated heterocycles. The van der Waals surface area contributed by atoms with Crippen molar-refractivity contribution in [2.24, 2.45) is 0 Å². The van der Waals surface area contributed by atoms with Crippen LogP contribution in [0.1, 0.15) is 31.7 Å². The van der Waals surface area contributed by atoms with E-state index in [2.05, 4.69) is 17.4 Å². The van der Waals surface area contributed by atoms with Crippen molar-refractivity contribution in [3.63, 3.8) is 0 Å². The molecule has 0 radical (unpaired) electrons. The van der Waals surface area contributed by atoms with Crippen LogP contribution in [0.25, 0.3) is 0 Å². The molecule has 1 aliphatic heterocycles. The Morgan fingerprint density at radius 3 is 2.78 bits per heavy atom. The number of rotatable bonds is 6. The van der Waals surface area contributed by atoms with E-state index in [1.807, 2.05) is 19.1 Å². The van der Waals surface area contributed by atoms with Crippen LogP contribution in [0.4, 0.5) is 0 Å². The van der Waals surface area contributed by atoms with Gasteiger partial charge in [-0.1, -0.05) is 12.1 Å². The van der Waals surface area contributed by atoms with E-state index in [4.69, 9.17) is 4.74 Å². The van der Waals surface area contributed by atoms with Crippen molar-refractivity contribution < 1.29 is 9.84 Å². The van der Waals surface area contributed by atoms with E-state index in [0.29, 0.717) is 12.6 Å². The molecular formula is C15H23NO2. The second-order valence-electron chi connectivity index (χ2n) is 4.89. The Balaban J connectivity index is 1.78. The van der Waals surface area contributed by atoms with Crippen molar-refractivity contribution in [2.45, 2.75) is 44.8 Å². The summed E-state index contributed by atoms with van der Waals surface area (Å²) in [6.45, 7) is 3.73. The minimum absolute atomic E-state index is 0.223. The molecule has 1 aliphatic rings. The summed E-state index contributed by atoms with van der Waals surface area (Å²) >= 11 is 0. The summed E-state index contributed by atoms with van der Waals surface area (Å²) in [5, 5.41) is 13.4. The molecule has 0 amide bonds. The molecule has 2 N–H and O–H groups in total. The van der Waals surface area contributed by atoms with Gasteiger partial charge < -0.3 is 15.2 Å². The predicted octanol–water partition coefficient (Wildman–Crippen LogP) is 2.13. The Hall–Kier alpha value is -1.06. The minimum atomic E-state index is -0.223. The molecule has 0 aromatic heterocycles. The van der Waals surface area contributed by atoms with Gasteiger partial charge in [-0.05, 0) is 56.8 Å². The summed E-state index contributed by atoms with van der Waals surface area (Å²) in [5.74, 6) is 0.916. The summed E-state index contributed by atoms with van der Waals surface area (Å²) in [6.07, 6.45) is 3.81. The molecule has 100 valence electrons. The second kappa shape index (κ2) is 6.76. The molecule has 0 spiro atoms. The Labute approximate surface area is 109 Å². The maximum atomic E-state index is 10.1. The highest BCUT2D eigenvalue weighted by Crippen LogP contribution is 2.16. The average molecular weight is 249 g/mol. The number of aryl methyl sites for hydroxylation is 1. The molecule has 2 unspecified atom stereocenters. The molecular weight excluding hydrogens is 226 g/mol. The molecule has 2 atom stereocenters. The molecule has 1 heterocycles. The molecule has 1 aromatic rings. The molecule has 18 heavy (non-hydrogen) atoms. The Morgan fingerprint density at radius 1 is 1.39 bits per heavy atom. The number of ether oxygens (including phenoxy) is 1. The maximum absolute atomic E-state index is 10.1. The summed E-state index contributed by atoms with van der Waals surface area (Å²) in [4.78, 5) is 0. The zero-order valence-electron chi connectivity index (χ0n) is 11.1. The number of nitrogens with one attached hydrogen (secondary N) is 1. The first-order chi connectivity index (χ1) is 8.79. The van der Waals surface area contributed by atoms with Crippen molar-refractivity contribution in [1.82, 2.24) is 5.32 Å². The van der Waals surface area contributed by atoms with Crippen LogP contribution in [-0.4, -0.2) is 30.4 Å². The van der Waals surface area contributed by atoms with Gasteiger partial charge in [-0.2, -0.15) is 0 Å². The van der Waals surface area contributed by atoms with E-state index in [1.54, 1.807) is 0 Å². The molecule has 3 nitrogen and oxygen atoms in total. The molecule has 0 saturated carbocycles. The third-order valence-corrected chi connectivity index (χ3v) is 3.53. The van der Waals surface area contributed by atoms with Crippen LogP contribution in [0, 0.1) is 0 Å². The first-order valence-electron chi connectivity index (χ1n) is 6.93. The number of aliphatic hydroxyl groups excluding tert-OH is 1. The summed E-state index contributed by atoms with van der Waals surface area (Å²) in [6, 6.07) is 8.46. The summed E-state index contributed by atoms with van der Waals surface area (Å²) in [7, 11) is 0. The normalized spacial score (nSPS) is 20.9. The topological polar surface area (TPSA) is 41.5 Å². The number of hydrogen-bond donors (Lipinski definition) is 2. The molecule has 0 aliphatic carbocycles. The van der Waals surface area contributed by atoms with Crippen LogP contribution in [-0.2, 0) is 6.42 Å². The van der Waals surface area contributed by atoms with Gasteiger partial charge in [-0.3, -0.25) is 0 Å². The predicted molar refractivity (Wildman–Crippen MR) is 73.0 cm³/mol. The lowest BCUT2D eigenvalue weighted by Crippen LogP contribution is -2.34. The monoisotopic (exact) mass is 249 g/mol. The Kier molecular flexibility index (Phi) is 5.02. The minimum Gasteiger partial charge on any atom is -0.494 e. The fourth-order valence-corrected chi connectivity index (χ4v) is 2.47. The van der Waals surface area contributed by atoms with Crippen molar-refractivity contribution in [3.8, 4) is 5.75 Å². The van der Waals surface area contributed by atoms with Gasteiger partial charge in [0.2, 0.25) is 0 Å². The van der Waals surface area contributed by atoms with Gasteiger partial charge in [0.15, 0.2) is 0 Å². The van der Waals surface area contributed by atoms with E-state index in [1.165, 1.54) is 12.0 Å². The lowest BCUT2D eigenvalue weighted by molar-refractivity contribution is 0.127. The highest BCUT2D eigenvalue weighted by Gasteiger charge is 2.21. The smallest absolute Gasteiger partial charge is 0.119 e. The zero-order chi connectivity index (χ0) is 12.8. The average Bonchev–Trinajstić information content (AvgIpc) is 2.92. The van der Waals surface area contributed by atoms with Gasteiger partial charge in [0.25, 0.3) is 0 Å². The summed E-state index contributed by atoms with van der Waals surface area (Å²) in [5.41, 5.74) is 1.26. The fourth-order valence-electron chi connectivity index (χ4n) is 2.47. The highest BCUT2D eigenvalue weighted by molar-refractivity contribution is 5.27.